The summed E-state index contributed by atoms with van der Waals surface area (Å²) in [6.07, 6.45) is 2.82. The standard InChI is InChI=1S/C22H19ClN4O4S2/c23-16-7-6-15-9-18(32-20(15)10-16)14-27(33(30,31)19-4-2-8-24-11-19)13-17-3-1-5-21(26-17)25-12-22(28)29/h1-11H,12-14H2,(H,25,26)(H,28,29). The first kappa shape index (κ1) is 23.1. The number of rotatable bonds is 9. The monoisotopic (exact) mass is 502 g/mol. The average molecular weight is 503 g/mol. The molecular weight excluding hydrogens is 484 g/mol. The van der Waals surface area contributed by atoms with Crippen molar-refractivity contribution in [2.75, 3.05) is 11.9 Å². The lowest BCUT2D eigenvalue weighted by molar-refractivity contribution is -0.134. The van der Waals surface area contributed by atoms with E-state index in [0.29, 0.717) is 16.5 Å². The number of halogens is 1. The molecule has 0 bridgehead atoms. The Balaban J connectivity index is 1.67. The molecule has 0 radical (unpaired) electrons. The Bertz CT molecular complexity index is 1390. The van der Waals surface area contributed by atoms with Gasteiger partial charge < -0.3 is 10.4 Å². The lowest BCUT2D eigenvalue weighted by Crippen LogP contribution is -2.30. The van der Waals surface area contributed by atoms with E-state index >= 15 is 0 Å². The topological polar surface area (TPSA) is 112 Å². The molecule has 0 saturated heterocycles. The molecule has 170 valence electrons. The predicted molar refractivity (Wildman–Crippen MR) is 128 cm³/mol. The number of aliphatic carboxylic acids is 1. The minimum absolute atomic E-state index is 0.00514. The summed E-state index contributed by atoms with van der Waals surface area (Å²) >= 11 is 7.57. The van der Waals surface area contributed by atoms with Crippen molar-refractivity contribution >= 4 is 54.8 Å². The third-order valence-electron chi connectivity index (χ3n) is 4.70. The summed E-state index contributed by atoms with van der Waals surface area (Å²) in [5.74, 6) is -0.669. The zero-order valence-corrected chi connectivity index (χ0v) is 19.6. The van der Waals surface area contributed by atoms with E-state index in [1.807, 2.05) is 18.2 Å². The van der Waals surface area contributed by atoms with Crippen LogP contribution in [-0.4, -0.2) is 40.3 Å². The number of carbonyl (C=O) groups is 1. The van der Waals surface area contributed by atoms with Crippen molar-refractivity contribution in [1.82, 2.24) is 14.3 Å². The van der Waals surface area contributed by atoms with Gasteiger partial charge in [0.15, 0.2) is 0 Å². The summed E-state index contributed by atoms with van der Waals surface area (Å²) in [5.41, 5.74) is 0.474. The van der Waals surface area contributed by atoms with Crippen molar-refractivity contribution in [2.45, 2.75) is 18.0 Å². The second-order valence-electron chi connectivity index (χ2n) is 7.12. The van der Waals surface area contributed by atoms with Gasteiger partial charge in [-0.05, 0) is 47.9 Å². The van der Waals surface area contributed by atoms with E-state index in [9.17, 15) is 13.2 Å². The van der Waals surface area contributed by atoms with Crippen molar-refractivity contribution < 1.29 is 18.3 Å². The number of nitrogens with one attached hydrogen (secondary N) is 1. The number of benzene rings is 1. The third kappa shape index (κ3) is 5.66. The van der Waals surface area contributed by atoms with Gasteiger partial charge >= 0.3 is 5.97 Å². The zero-order valence-electron chi connectivity index (χ0n) is 17.2. The molecule has 8 nitrogen and oxygen atoms in total. The van der Waals surface area contributed by atoms with E-state index in [4.69, 9.17) is 16.7 Å². The smallest absolute Gasteiger partial charge is 0.322 e. The minimum atomic E-state index is -3.88. The molecule has 0 unspecified atom stereocenters. The molecule has 33 heavy (non-hydrogen) atoms. The van der Waals surface area contributed by atoms with Crippen LogP contribution in [0.2, 0.25) is 5.02 Å². The summed E-state index contributed by atoms with van der Waals surface area (Å²) in [4.78, 5) is 20.1. The molecule has 1 aromatic carbocycles. The van der Waals surface area contributed by atoms with Crippen LogP contribution in [0.15, 0.2) is 71.9 Å². The maximum Gasteiger partial charge on any atom is 0.322 e. The van der Waals surface area contributed by atoms with Gasteiger partial charge in [0.2, 0.25) is 10.0 Å². The zero-order chi connectivity index (χ0) is 23.4. The highest BCUT2D eigenvalue weighted by molar-refractivity contribution is 7.89. The molecule has 0 atom stereocenters. The Morgan fingerprint density at radius 3 is 2.73 bits per heavy atom. The van der Waals surface area contributed by atoms with Crippen LogP contribution in [0.5, 0.6) is 0 Å². The highest BCUT2D eigenvalue weighted by atomic mass is 35.5. The molecular formula is C22H19ClN4O4S2. The van der Waals surface area contributed by atoms with Gasteiger partial charge in [0.1, 0.15) is 17.3 Å². The highest BCUT2D eigenvalue weighted by Gasteiger charge is 2.26. The molecule has 3 aromatic heterocycles. The number of carboxylic acids is 1. The summed E-state index contributed by atoms with van der Waals surface area (Å²) in [6.45, 7) is -0.171. The maximum atomic E-state index is 13.5. The van der Waals surface area contributed by atoms with Gasteiger partial charge in [-0.15, -0.1) is 11.3 Å². The number of nitrogens with zero attached hydrogens (tertiary/aromatic N) is 3. The number of carboxylic acid groups (broad SMARTS) is 1. The van der Waals surface area contributed by atoms with Crippen molar-refractivity contribution in [3.8, 4) is 0 Å². The van der Waals surface area contributed by atoms with E-state index in [1.54, 1.807) is 30.3 Å². The van der Waals surface area contributed by atoms with Gasteiger partial charge in [0, 0.05) is 33.5 Å². The van der Waals surface area contributed by atoms with Gasteiger partial charge in [-0.2, -0.15) is 4.31 Å². The predicted octanol–water partition coefficient (Wildman–Crippen LogP) is 4.23. The van der Waals surface area contributed by atoms with Crippen molar-refractivity contribution in [1.29, 1.82) is 0 Å². The largest absolute Gasteiger partial charge is 0.480 e. The fourth-order valence-electron chi connectivity index (χ4n) is 3.20. The first-order chi connectivity index (χ1) is 15.8. The van der Waals surface area contributed by atoms with Crippen LogP contribution in [0.1, 0.15) is 10.6 Å². The molecule has 11 heteroatoms. The number of fused-ring (bicyclic) bond motifs is 1. The lowest BCUT2D eigenvalue weighted by Gasteiger charge is -2.21. The van der Waals surface area contributed by atoms with E-state index < -0.39 is 16.0 Å². The van der Waals surface area contributed by atoms with Gasteiger partial charge in [0.25, 0.3) is 0 Å². The van der Waals surface area contributed by atoms with Crippen LogP contribution in [0.4, 0.5) is 5.82 Å². The number of anilines is 1. The Morgan fingerprint density at radius 1 is 1.12 bits per heavy atom. The number of thiophene rings is 1. The van der Waals surface area contributed by atoms with Crippen LogP contribution in [-0.2, 0) is 27.9 Å². The number of sulfonamides is 1. The summed E-state index contributed by atoms with van der Waals surface area (Å²) < 4.78 is 29.2. The van der Waals surface area contributed by atoms with E-state index in [1.165, 1.54) is 34.1 Å². The van der Waals surface area contributed by atoms with Crippen LogP contribution in [0.3, 0.4) is 0 Å². The van der Waals surface area contributed by atoms with Gasteiger partial charge in [-0.25, -0.2) is 13.4 Å². The van der Waals surface area contributed by atoms with Crippen LogP contribution < -0.4 is 5.32 Å². The molecule has 0 saturated carbocycles. The Kier molecular flexibility index (Phi) is 6.89. The molecule has 0 aliphatic rings. The summed E-state index contributed by atoms with van der Waals surface area (Å²) in [6, 6.07) is 15.6. The molecule has 0 spiro atoms. The number of hydrogen-bond donors (Lipinski definition) is 2. The van der Waals surface area contributed by atoms with E-state index in [0.717, 1.165) is 15.0 Å². The fourth-order valence-corrected chi connectivity index (χ4v) is 5.99. The summed E-state index contributed by atoms with van der Waals surface area (Å²) in [5, 5.41) is 13.2. The van der Waals surface area contributed by atoms with Crippen LogP contribution in [0, 0.1) is 0 Å². The van der Waals surface area contributed by atoms with Gasteiger partial charge in [-0.1, -0.05) is 23.7 Å². The second kappa shape index (κ2) is 9.84. The van der Waals surface area contributed by atoms with Crippen LogP contribution >= 0.6 is 22.9 Å². The van der Waals surface area contributed by atoms with Gasteiger partial charge in [0.05, 0.1) is 12.2 Å². The maximum absolute atomic E-state index is 13.5. The lowest BCUT2D eigenvalue weighted by atomic mass is 10.2. The number of pyridine rings is 2. The Morgan fingerprint density at radius 2 is 1.97 bits per heavy atom. The molecule has 3 heterocycles. The molecule has 0 aliphatic heterocycles. The molecule has 0 fully saturated rings. The molecule has 2 N–H and O–H groups in total. The third-order valence-corrected chi connectivity index (χ3v) is 7.80. The normalized spacial score (nSPS) is 11.7. The van der Waals surface area contributed by atoms with Crippen LogP contribution in [0.25, 0.3) is 10.1 Å². The first-order valence-electron chi connectivity index (χ1n) is 9.81. The number of aromatic nitrogens is 2. The van der Waals surface area contributed by atoms with Crippen molar-refractivity contribution in [2.24, 2.45) is 0 Å². The molecule has 0 aliphatic carbocycles. The highest BCUT2D eigenvalue weighted by Crippen LogP contribution is 2.30. The molecule has 4 aromatic rings. The van der Waals surface area contributed by atoms with Crippen molar-refractivity contribution in [3.63, 3.8) is 0 Å². The molecule has 0 amide bonds. The van der Waals surface area contributed by atoms with E-state index in [2.05, 4.69) is 15.3 Å². The van der Waals surface area contributed by atoms with Gasteiger partial charge in [-0.3, -0.25) is 9.78 Å². The molecule has 4 rings (SSSR count). The summed E-state index contributed by atoms with van der Waals surface area (Å²) in [7, 11) is -3.88. The Labute approximate surface area is 199 Å². The average Bonchev–Trinajstić information content (AvgIpc) is 3.19. The SMILES string of the molecule is O=C(O)CNc1cccc(CN(Cc2cc3ccc(Cl)cc3s2)S(=O)(=O)c2cccnc2)n1. The van der Waals surface area contributed by atoms with E-state index in [-0.39, 0.29) is 24.5 Å². The Hall–Kier alpha value is -3.05. The fraction of sp³-hybridized carbons (Fsp3) is 0.136. The number of hydrogen-bond acceptors (Lipinski definition) is 7. The quantitative estimate of drug-likeness (QED) is 0.352. The first-order valence-corrected chi connectivity index (χ1v) is 12.4. The minimum Gasteiger partial charge on any atom is -0.480 e. The van der Waals surface area contributed by atoms with Crippen molar-refractivity contribution in [3.05, 3.63) is 82.6 Å². The second-order valence-corrected chi connectivity index (χ2v) is 10.7.